The van der Waals surface area contributed by atoms with E-state index in [2.05, 4.69) is 5.32 Å². The molecule has 2 aromatic carbocycles. The number of thiocarbonyl (C=S) groups is 1. The smallest absolute Gasteiger partial charge is 0.276 e. The Morgan fingerprint density at radius 1 is 1.20 bits per heavy atom. The summed E-state index contributed by atoms with van der Waals surface area (Å²) in [6.07, 6.45) is 2.48. The maximum Gasteiger partial charge on any atom is 0.276 e. The van der Waals surface area contributed by atoms with Gasteiger partial charge in [0.25, 0.3) is 5.91 Å². The van der Waals surface area contributed by atoms with Crippen LogP contribution in [-0.2, 0) is 16.1 Å². The fraction of sp³-hybridized carbons (Fsp3) is 0.273. The molecule has 1 N–H and O–H groups in total. The molecule has 1 saturated heterocycles. The molecular formula is C22H23ClN2O4S. The first kappa shape index (κ1) is 22.1. The molecule has 1 heterocycles. The number of nitrogens with one attached hydrogen (secondary N) is 1. The van der Waals surface area contributed by atoms with Gasteiger partial charge in [0.2, 0.25) is 0 Å². The van der Waals surface area contributed by atoms with Gasteiger partial charge in [-0.25, -0.2) is 0 Å². The van der Waals surface area contributed by atoms with Crippen LogP contribution in [-0.4, -0.2) is 43.3 Å². The molecule has 0 atom stereocenters. The SMILES string of the molecule is COCCCN1C(=O)/C(=C\c2ccc(OC)c(COc3cccc(Cl)c3)c2)NC1=S. The Morgan fingerprint density at radius 3 is 2.77 bits per heavy atom. The average Bonchev–Trinajstić information content (AvgIpc) is 3.00. The van der Waals surface area contributed by atoms with Crippen molar-refractivity contribution in [2.24, 2.45) is 0 Å². The lowest BCUT2D eigenvalue weighted by molar-refractivity contribution is -0.122. The minimum absolute atomic E-state index is 0.149. The molecule has 0 spiro atoms. The molecule has 0 aliphatic carbocycles. The van der Waals surface area contributed by atoms with Gasteiger partial charge in [-0.1, -0.05) is 23.7 Å². The molecule has 0 bridgehead atoms. The minimum atomic E-state index is -0.149. The quantitative estimate of drug-likeness (QED) is 0.356. The standard InChI is InChI=1S/C22H23ClN2O4S/c1-27-10-4-9-25-21(26)19(24-22(25)30)12-15-7-8-20(28-2)16(11-15)14-29-18-6-3-5-17(23)13-18/h3,5-8,11-13H,4,9-10,14H2,1-2H3,(H,24,30)/b19-12+. The van der Waals surface area contributed by atoms with Crippen molar-refractivity contribution in [2.45, 2.75) is 13.0 Å². The first-order valence-electron chi connectivity index (χ1n) is 9.40. The molecule has 0 unspecified atom stereocenters. The van der Waals surface area contributed by atoms with E-state index in [9.17, 15) is 4.79 Å². The van der Waals surface area contributed by atoms with Crippen molar-refractivity contribution in [1.29, 1.82) is 0 Å². The van der Waals surface area contributed by atoms with E-state index in [1.54, 1.807) is 37.3 Å². The van der Waals surface area contributed by atoms with E-state index in [0.717, 1.165) is 11.1 Å². The second-order valence-corrected chi connectivity index (χ2v) is 7.43. The molecule has 3 rings (SSSR count). The van der Waals surface area contributed by atoms with Crippen molar-refractivity contribution in [3.05, 3.63) is 64.3 Å². The van der Waals surface area contributed by atoms with Crippen LogP contribution in [0.2, 0.25) is 5.02 Å². The number of rotatable bonds is 9. The molecule has 0 saturated carbocycles. The van der Waals surface area contributed by atoms with E-state index < -0.39 is 0 Å². The van der Waals surface area contributed by atoms with Gasteiger partial charge in [0, 0.05) is 30.8 Å². The molecule has 1 amide bonds. The summed E-state index contributed by atoms with van der Waals surface area (Å²) in [6, 6.07) is 12.8. The summed E-state index contributed by atoms with van der Waals surface area (Å²) < 4.78 is 16.3. The highest BCUT2D eigenvalue weighted by Gasteiger charge is 2.30. The summed E-state index contributed by atoms with van der Waals surface area (Å²) in [4.78, 5) is 14.2. The second kappa shape index (κ2) is 10.4. The molecule has 2 aromatic rings. The van der Waals surface area contributed by atoms with Gasteiger partial charge in [0.15, 0.2) is 5.11 Å². The molecule has 158 valence electrons. The largest absolute Gasteiger partial charge is 0.496 e. The van der Waals surface area contributed by atoms with Gasteiger partial charge in [-0.05, 0) is 60.6 Å². The lowest BCUT2D eigenvalue weighted by Crippen LogP contribution is -2.32. The number of amides is 1. The van der Waals surface area contributed by atoms with Gasteiger partial charge in [-0.15, -0.1) is 0 Å². The van der Waals surface area contributed by atoms with Crippen molar-refractivity contribution < 1.29 is 19.0 Å². The fourth-order valence-electron chi connectivity index (χ4n) is 3.03. The Labute approximate surface area is 186 Å². The van der Waals surface area contributed by atoms with Crippen LogP contribution in [0.15, 0.2) is 48.2 Å². The summed E-state index contributed by atoms with van der Waals surface area (Å²) in [6.45, 7) is 1.38. The van der Waals surface area contributed by atoms with E-state index in [1.165, 1.54) is 0 Å². The zero-order valence-electron chi connectivity index (χ0n) is 16.8. The Morgan fingerprint density at radius 2 is 2.03 bits per heavy atom. The van der Waals surface area contributed by atoms with Crippen LogP contribution in [0.1, 0.15) is 17.5 Å². The number of hydrogen-bond donors (Lipinski definition) is 1. The third-order valence-electron chi connectivity index (χ3n) is 4.50. The van der Waals surface area contributed by atoms with Crippen LogP contribution in [0.4, 0.5) is 0 Å². The molecule has 1 aliphatic heterocycles. The van der Waals surface area contributed by atoms with Crippen molar-refractivity contribution in [2.75, 3.05) is 27.4 Å². The Bertz CT molecular complexity index is 964. The number of ether oxygens (including phenoxy) is 3. The van der Waals surface area contributed by atoms with E-state index in [1.807, 2.05) is 30.3 Å². The zero-order valence-corrected chi connectivity index (χ0v) is 18.4. The lowest BCUT2D eigenvalue weighted by atomic mass is 10.1. The van der Waals surface area contributed by atoms with Crippen molar-refractivity contribution in [3.8, 4) is 11.5 Å². The van der Waals surface area contributed by atoms with Gasteiger partial charge in [0.1, 0.15) is 23.8 Å². The number of carbonyl (C=O) groups is 1. The van der Waals surface area contributed by atoms with Crippen LogP contribution < -0.4 is 14.8 Å². The third-order valence-corrected chi connectivity index (χ3v) is 5.06. The molecule has 1 fully saturated rings. The highest BCUT2D eigenvalue weighted by Crippen LogP contribution is 2.25. The van der Waals surface area contributed by atoms with E-state index in [0.29, 0.717) is 53.5 Å². The Kier molecular flexibility index (Phi) is 7.68. The summed E-state index contributed by atoms with van der Waals surface area (Å²) in [7, 11) is 3.24. The number of carbonyl (C=O) groups excluding carboxylic acids is 1. The maximum atomic E-state index is 12.7. The number of nitrogens with zero attached hydrogens (tertiary/aromatic N) is 1. The van der Waals surface area contributed by atoms with E-state index in [4.69, 9.17) is 38.0 Å². The van der Waals surface area contributed by atoms with E-state index in [-0.39, 0.29) is 5.91 Å². The number of hydrogen-bond acceptors (Lipinski definition) is 5. The van der Waals surface area contributed by atoms with Crippen LogP contribution >= 0.6 is 23.8 Å². The maximum absolute atomic E-state index is 12.7. The predicted octanol–water partition coefficient (Wildman–Crippen LogP) is 4.02. The number of benzene rings is 2. The molecule has 6 nitrogen and oxygen atoms in total. The van der Waals surface area contributed by atoms with Crippen LogP contribution in [0.3, 0.4) is 0 Å². The highest BCUT2D eigenvalue weighted by molar-refractivity contribution is 7.80. The van der Waals surface area contributed by atoms with Gasteiger partial charge >= 0.3 is 0 Å². The Hall–Kier alpha value is -2.61. The topological polar surface area (TPSA) is 60.0 Å². The average molecular weight is 447 g/mol. The third kappa shape index (κ3) is 5.50. The van der Waals surface area contributed by atoms with Crippen LogP contribution in [0.25, 0.3) is 6.08 Å². The number of methoxy groups -OCH3 is 2. The summed E-state index contributed by atoms with van der Waals surface area (Å²) in [5.74, 6) is 1.21. The minimum Gasteiger partial charge on any atom is -0.496 e. The van der Waals surface area contributed by atoms with Crippen LogP contribution in [0, 0.1) is 0 Å². The Balaban J connectivity index is 1.75. The molecule has 0 radical (unpaired) electrons. The van der Waals surface area contributed by atoms with Gasteiger partial charge in [-0.2, -0.15) is 0 Å². The molecule has 30 heavy (non-hydrogen) atoms. The molecule has 0 aromatic heterocycles. The van der Waals surface area contributed by atoms with Crippen LogP contribution in [0.5, 0.6) is 11.5 Å². The molecular weight excluding hydrogens is 424 g/mol. The highest BCUT2D eigenvalue weighted by atomic mass is 35.5. The summed E-state index contributed by atoms with van der Waals surface area (Å²) >= 11 is 11.3. The fourth-order valence-corrected chi connectivity index (χ4v) is 3.49. The number of halogens is 1. The van der Waals surface area contributed by atoms with Gasteiger partial charge in [0.05, 0.1) is 7.11 Å². The normalized spacial score (nSPS) is 14.9. The van der Waals surface area contributed by atoms with Crippen molar-refractivity contribution in [1.82, 2.24) is 10.2 Å². The predicted molar refractivity (Wildman–Crippen MR) is 121 cm³/mol. The summed E-state index contributed by atoms with van der Waals surface area (Å²) in [5, 5.41) is 4.00. The van der Waals surface area contributed by atoms with Gasteiger partial charge in [-0.3, -0.25) is 9.69 Å². The van der Waals surface area contributed by atoms with E-state index >= 15 is 0 Å². The van der Waals surface area contributed by atoms with Gasteiger partial charge < -0.3 is 19.5 Å². The second-order valence-electron chi connectivity index (χ2n) is 6.61. The lowest BCUT2D eigenvalue weighted by Gasteiger charge is -2.13. The first-order chi connectivity index (χ1) is 14.5. The van der Waals surface area contributed by atoms with Crippen molar-refractivity contribution in [3.63, 3.8) is 0 Å². The molecule has 1 aliphatic rings. The monoisotopic (exact) mass is 446 g/mol. The molecule has 8 heteroatoms. The first-order valence-corrected chi connectivity index (χ1v) is 10.2. The summed E-state index contributed by atoms with van der Waals surface area (Å²) in [5.41, 5.74) is 2.11. The van der Waals surface area contributed by atoms with Crippen molar-refractivity contribution >= 4 is 40.9 Å². The zero-order chi connectivity index (χ0) is 21.5.